The van der Waals surface area contributed by atoms with Crippen LogP contribution in [0.15, 0.2) is 36.8 Å². The van der Waals surface area contributed by atoms with Crippen molar-refractivity contribution in [1.82, 2.24) is 29.4 Å². The first-order valence-electron chi connectivity index (χ1n) is 12.6. The molecule has 8 heteroatoms. The maximum absolute atomic E-state index is 11.9. The fraction of sp³-hybridized carbons (Fsp3) is 0.444. The van der Waals surface area contributed by atoms with Gasteiger partial charge in [-0.05, 0) is 49.3 Å². The van der Waals surface area contributed by atoms with Crippen LogP contribution >= 0.6 is 0 Å². The molecule has 0 bridgehead atoms. The molecule has 8 nitrogen and oxygen atoms in total. The van der Waals surface area contributed by atoms with E-state index < -0.39 is 0 Å². The Hall–Kier alpha value is -3.55. The van der Waals surface area contributed by atoms with Crippen molar-refractivity contribution >= 4 is 39.6 Å². The molecule has 0 spiro atoms. The van der Waals surface area contributed by atoms with Gasteiger partial charge < -0.3 is 14.8 Å². The van der Waals surface area contributed by atoms with Gasteiger partial charge in [0.15, 0.2) is 0 Å². The number of amides is 1. The molecule has 1 N–H and O–H groups in total. The molecule has 0 saturated heterocycles. The number of rotatable bonds is 3. The van der Waals surface area contributed by atoms with Gasteiger partial charge in [-0.1, -0.05) is 19.9 Å². The average molecular weight is 470 g/mol. The van der Waals surface area contributed by atoms with Crippen LogP contribution in [0.25, 0.3) is 21.9 Å². The Labute approximate surface area is 204 Å². The third-order valence-corrected chi connectivity index (χ3v) is 7.72. The van der Waals surface area contributed by atoms with E-state index in [-0.39, 0.29) is 11.8 Å². The largest absolute Gasteiger partial charge is 0.338 e. The Morgan fingerprint density at radius 3 is 2.66 bits per heavy atom. The number of carbonyl (C=O) groups is 1. The van der Waals surface area contributed by atoms with E-state index in [9.17, 15) is 4.79 Å². The molecule has 1 fully saturated rings. The summed E-state index contributed by atoms with van der Waals surface area (Å²) in [7, 11) is 0. The Morgan fingerprint density at radius 1 is 1.03 bits per heavy atom. The summed E-state index contributed by atoms with van der Waals surface area (Å²) >= 11 is 0. The zero-order valence-electron chi connectivity index (χ0n) is 20.5. The fourth-order valence-electron chi connectivity index (χ4n) is 5.77. The van der Waals surface area contributed by atoms with Crippen molar-refractivity contribution in [3.63, 3.8) is 0 Å². The molecule has 2 aliphatic rings. The number of fused-ring (bicyclic) bond motifs is 4. The van der Waals surface area contributed by atoms with Crippen molar-refractivity contribution in [2.45, 2.75) is 65.0 Å². The lowest BCUT2D eigenvalue weighted by Crippen LogP contribution is -2.36. The van der Waals surface area contributed by atoms with Gasteiger partial charge in [0.1, 0.15) is 11.5 Å². The van der Waals surface area contributed by atoms with E-state index in [4.69, 9.17) is 9.97 Å². The van der Waals surface area contributed by atoms with E-state index in [0.29, 0.717) is 25.1 Å². The van der Waals surface area contributed by atoms with Crippen LogP contribution in [0, 0.1) is 5.92 Å². The van der Waals surface area contributed by atoms with Crippen LogP contribution in [0.5, 0.6) is 0 Å². The molecule has 1 amide bonds. The standard InChI is InChI=1S/C27H31N7O/c1-16-4-7-20(8-5-16)34-23-13-28-11-10-21(23)22-12-29-27(32-26(22)34)31-24-9-6-19-15-33(18(3)35)14-17(2)25(19)30-24/h6,9-13,16-17,20H,4-5,7-8,14-15H2,1-3H3,(H,29,30,31,32)/t16-,17-,20-/m1/s1. The highest BCUT2D eigenvalue weighted by Crippen LogP contribution is 2.38. The average Bonchev–Trinajstić information content (AvgIpc) is 3.18. The monoisotopic (exact) mass is 469 g/mol. The van der Waals surface area contributed by atoms with Gasteiger partial charge in [-0.15, -0.1) is 0 Å². The molecule has 0 radical (unpaired) electrons. The van der Waals surface area contributed by atoms with E-state index >= 15 is 0 Å². The summed E-state index contributed by atoms with van der Waals surface area (Å²) in [5, 5.41) is 5.55. The fourth-order valence-corrected chi connectivity index (χ4v) is 5.77. The van der Waals surface area contributed by atoms with Crippen molar-refractivity contribution in [2.24, 2.45) is 5.92 Å². The minimum atomic E-state index is 0.101. The zero-order chi connectivity index (χ0) is 24.1. The molecule has 5 heterocycles. The van der Waals surface area contributed by atoms with Gasteiger partial charge in [0.25, 0.3) is 0 Å². The lowest BCUT2D eigenvalue weighted by atomic mass is 9.87. The minimum absolute atomic E-state index is 0.101. The Morgan fingerprint density at radius 2 is 1.86 bits per heavy atom. The molecule has 0 aromatic carbocycles. The van der Waals surface area contributed by atoms with Crippen LogP contribution < -0.4 is 5.32 Å². The first-order valence-corrected chi connectivity index (χ1v) is 12.6. The molecular weight excluding hydrogens is 438 g/mol. The number of anilines is 2. The van der Waals surface area contributed by atoms with Crippen LogP contribution in [0.3, 0.4) is 0 Å². The third kappa shape index (κ3) is 3.90. The highest BCUT2D eigenvalue weighted by Gasteiger charge is 2.26. The van der Waals surface area contributed by atoms with Crippen molar-refractivity contribution in [3.05, 3.63) is 48.0 Å². The van der Waals surface area contributed by atoms with Gasteiger partial charge in [0, 0.05) is 55.1 Å². The number of nitrogens with zero attached hydrogens (tertiary/aromatic N) is 6. The topological polar surface area (TPSA) is 88.8 Å². The first kappa shape index (κ1) is 21.9. The van der Waals surface area contributed by atoms with Gasteiger partial charge in [0.2, 0.25) is 11.9 Å². The van der Waals surface area contributed by atoms with E-state index in [1.807, 2.05) is 29.6 Å². The van der Waals surface area contributed by atoms with Gasteiger partial charge in [-0.25, -0.2) is 9.97 Å². The summed E-state index contributed by atoms with van der Waals surface area (Å²) in [6.45, 7) is 7.38. The van der Waals surface area contributed by atoms with E-state index in [0.717, 1.165) is 57.8 Å². The zero-order valence-corrected chi connectivity index (χ0v) is 20.5. The molecule has 1 saturated carbocycles. The highest BCUT2D eigenvalue weighted by atomic mass is 16.2. The Bertz CT molecular complexity index is 1420. The van der Waals surface area contributed by atoms with Gasteiger partial charge in [-0.2, -0.15) is 4.98 Å². The number of aromatic nitrogens is 5. The SMILES string of the molecule is CC(=O)N1Cc2ccc(Nc3ncc4c5ccncc5n([C@H]5CC[C@H](C)CC5)c4n3)nc2[C@H](C)C1. The molecule has 1 atom stereocenters. The smallest absolute Gasteiger partial charge is 0.230 e. The molecular formula is C27H31N7O. The van der Waals surface area contributed by atoms with Crippen LogP contribution in [-0.4, -0.2) is 41.9 Å². The predicted molar refractivity (Wildman–Crippen MR) is 137 cm³/mol. The number of pyridine rings is 2. The van der Waals surface area contributed by atoms with Crippen molar-refractivity contribution in [2.75, 3.05) is 11.9 Å². The number of hydrogen-bond donors (Lipinski definition) is 1. The van der Waals surface area contributed by atoms with Gasteiger partial charge >= 0.3 is 0 Å². The number of hydrogen-bond acceptors (Lipinski definition) is 6. The second kappa shape index (κ2) is 8.59. The van der Waals surface area contributed by atoms with Crippen LogP contribution in [0.1, 0.15) is 69.7 Å². The third-order valence-electron chi connectivity index (χ3n) is 7.72. The quantitative estimate of drug-likeness (QED) is 0.436. The van der Waals surface area contributed by atoms with E-state index in [1.165, 1.54) is 12.8 Å². The molecule has 35 heavy (non-hydrogen) atoms. The summed E-state index contributed by atoms with van der Waals surface area (Å²) in [4.78, 5) is 32.7. The van der Waals surface area contributed by atoms with Gasteiger partial charge in [-0.3, -0.25) is 9.78 Å². The summed E-state index contributed by atoms with van der Waals surface area (Å²) in [5.41, 5.74) is 4.21. The Kier molecular flexibility index (Phi) is 5.39. The summed E-state index contributed by atoms with van der Waals surface area (Å²) in [6, 6.07) is 6.49. The van der Waals surface area contributed by atoms with E-state index in [1.54, 1.807) is 6.92 Å². The molecule has 0 unspecified atom stereocenters. The second-order valence-corrected chi connectivity index (χ2v) is 10.3. The van der Waals surface area contributed by atoms with Crippen LogP contribution in [-0.2, 0) is 11.3 Å². The normalized spacial score (nSPS) is 22.4. The summed E-state index contributed by atoms with van der Waals surface area (Å²) < 4.78 is 2.38. The first-order chi connectivity index (χ1) is 17.0. The summed E-state index contributed by atoms with van der Waals surface area (Å²) in [5.74, 6) is 2.33. The summed E-state index contributed by atoms with van der Waals surface area (Å²) in [6.07, 6.45) is 10.5. The maximum atomic E-state index is 11.9. The molecule has 6 rings (SSSR count). The van der Waals surface area contributed by atoms with Crippen molar-refractivity contribution in [3.8, 4) is 0 Å². The second-order valence-electron chi connectivity index (χ2n) is 10.3. The number of carbonyl (C=O) groups excluding carboxylic acids is 1. The molecule has 4 aromatic heterocycles. The van der Waals surface area contributed by atoms with Crippen LogP contribution in [0.2, 0.25) is 0 Å². The molecule has 1 aliphatic carbocycles. The predicted octanol–water partition coefficient (Wildman–Crippen LogP) is 5.33. The molecule has 4 aromatic rings. The molecule has 180 valence electrons. The van der Waals surface area contributed by atoms with Crippen molar-refractivity contribution in [1.29, 1.82) is 0 Å². The molecule has 1 aliphatic heterocycles. The van der Waals surface area contributed by atoms with Gasteiger partial charge in [0.05, 0.1) is 17.4 Å². The lowest BCUT2D eigenvalue weighted by molar-refractivity contribution is -0.130. The number of nitrogens with one attached hydrogen (secondary N) is 1. The Balaban J connectivity index is 1.36. The minimum Gasteiger partial charge on any atom is -0.338 e. The van der Waals surface area contributed by atoms with Crippen LogP contribution in [0.4, 0.5) is 11.8 Å². The highest BCUT2D eigenvalue weighted by molar-refractivity contribution is 6.06. The lowest BCUT2D eigenvalue weighted by Gasteiger charge is -2.31. The van der Waals surface area contributed by atoms with E-state index in [2.05, 4.69) is 45.8 Å². The maximum Gasteiger partial charge on any atom is 0.230 e. The van der Waals surface area contributed by atoms with Crippen molar-refractivity contribution < 1.29 is 4.79 Å².